The van der Waals surface area contributed by atoms with Crippen molar-refractivity contribution >= 4 is 29.1 Å². The predicted molar refractivity (Wildman–Crippen MR) is 111 cm³/mol. The summed E-state index contributed by atoms with van der Waals surface area (Å²) in [6.45, 7) is 5.30. The summed E-state index contributed by atoms with van der Waals surface area (Å²) in [6, 6.07) is 14.9. The molecule has 3 rings (SSSR count). The fraction of sp³-hybridized carbons (Fsp3) is 0.261. The molecule has 5 nitrogen and oxygen atoms in total. The number of hydrogen-bond donors (Lipinski definition) is 1. The Morgan fingerprint density at radius 3 is 2.10 bits per heavy atom. The number of halogens is 1. The summed E-state index contributed by atoms with van der Waals surface area (Å²) in [5.74, 6) is -1.41. The third-order valence-electron chi connectivity index (χ3n) is 4.35. The summed E-state index contributed by atoms with van der Waals surface area (Å²) in [4.78, 5) is 38.4. The molecule has 0 radical (unpaired) electrons. The van der Waals surface area contributed by atoms with Gasteiger partial charge in [0.1, 0.15) is 22.4 Å². The fourth-order valence-corrected chi connectivity index (χ4v) is 3.31. The smallest absolute Gasteiger partial charge is 0.329 e. The number of carbonyl (C=O) groups excluding carboxylic acids is 3. The van der Waals surface area contributed by atoms with Crippen molar-refractivity contribution in [3.05, 3.63) is 82.0 Å². The number of benzene rings is 2. The van der Waals surface area contributed by atoms with Crippen molar-refractivity contribution in [3.8, 4) is 0 Å². The quantitative estimate of drug-likeness (QED) is 0.751. The largest absolute Gasteiger partial charge is 0.458 e. The molecule has 0 bridgehead atoms. The van der Waals surface area contributed by atoms with Crippen molar-refractivity contribution in [1.29, 1.82) is 0 Å². The van der Waals surface area contributed by atoms with Crippen LogP contribution in [0.3, 0.4) is 0 Å². The number of rotatable bonds is 5. The highest BCUT2D eigenvalue weighted by atomic mass is 35.5. The first kappa shape index (κ1) is 20.8. The number of nitrogens with one attached hydrogen (secondary N) is 1. The molecule has 0 aromatic heterocycles. The van der Waals surface area contributed by atoms with Crippen LogP contribution in [0.25, 0.3) is 0 Å². The molecule has 0 saturated carbocycles. The molecule has 0 spiro atoms. The summed E-state index contributed by atoms with van der Waals surface area (Å²) in [5.41, 5.74) is 0.604. The Kier molecular flexibility index (Phi) is 5.89. The summed E-state index contributed by atoms with van der Waals surface area (Å²) in [6.07, 6.45) is 0.270. The van der Waals surface area contributed by atoms with Crippen LogP contribution in [-0.4, -0.2) is 29.2 Å². The van der Waals surface area contributed by atoms with Crippen molar-refractivity contribution in [2.75, 3.05) is 0 Å². The van der Waals surface area contributed by atoms with Crippen LogP contribution in [0.15, 0.2) is 65.3 Å². The van der Waals surface area contributed by atoms with E-state index in [1.807, 2.05) is 30.3 Å². The molecule has 2 aromatic carbocycles. The van der Waals surface area contributed by atoms with Gasteiger partial charge in [0, 0.05) is 17.5 Å². The second-order valence-corrected chi connectivity index (χ2v) is 8.19. The lowest BCUT2D eigenvalue weighted by Gasteiger charge is -2.27. The van der Waals surface area contributed by atoms with Gasteiger partial charge >= 0.3 is 5.97 Å². The van der Waals surface area contributed by atoms with Gasteiger partial charge in [0.05, 0.1) is 0 Å². The lowest BCUT2D eigenvalue weighted by Crippen LogP contribution is -2.45. The first-order valence-corrected chi connectivity index (χ1v) is 9.66. The average molecular weight is 412 g/mol. The van der Waals surface area contributed by atoms with Gasteiger partial charge in [0.25, 0.3) is 0 Å². The van der Waals surface area contributed by atoms with E-state index in [1.54, 1.807) is 45.0 Å². The highest BCUT2D eigenvalue weighted by molar-refractivity contribution is 6.49. The summed E-state index contributed by atoms with van der Waals surface area (Å²) >= 11 is 6.24. The topological polar surface area (TPSA) is 72.5 Å². The number of allylic oxidation sites excluding steroid dienone is 2. The van der Waals surface area contributed by atoms with Crippen molar-refractivity contribution in [3.63, 3.8) is 0 Å². The molecule has 0 heterocycles. The van der Waals surface area contributed by atoms with Crippen LogP contribution >= 0.6 is 11.6 Å². The molecule has 2 aromatic rings. The summed E-state index contributed by atoms with van der Waals surface area (Å²) < 4.78 is 5.52. The van der Waals surface area contributed by atoms with Gasteiger partial charge in [-0.3, -0.25) is 9.59 Å². The number of ketones is 2. The Morgan fingerprint density at radius 1 is 0.966 bits per heavy atom. The molecular weight excluding hydrogens is 390 g/mol. The van der Waals surface area contributed by atoms with Gasteiger partial charge in [-0.25, -0.2) is 4.79 Å². The number of ether oxygens (including phenoxy) is 1. The Morgan fingerprint density at radius 2 is 1.52 bits per heavy atom. The summed E-state index contributed by atoms with van der Waals surface area (Å²) in [5, 5.41) is 2.67. The van der Waals surface area contributed by atoms with E-state index >= 15 is 0 Å². The molecule has 1 unspecified atom stereocenters. The van der Waals surface area contributed by atoms with Gasteiger partial charge in [0.2, 0.25) is 11.6 Å². The van der Waals surface area contributed by atoms with Gasteiger partial charge in [-0.1, -0.05) is 66.2 Å². The maximum absolute atomic E-state index is 13.0. The van der Waals surface area contributed by atoms with Crippen LogP contribution in [-0.2, 0) is 16.0 Å². The monoisotopic (exact) mass is 411 g/mol. The molecule has 150 valence electrons. The zero-order valence-electron chi connectivity index (χ0n) is 16.5. The minimum atomic E-state index is -0.887. The number of fused-ring (bicyclic) bond motifs is 1. The van der Waals surface area contributed by atoms with Crippen LogP contribution in [0, 0.1) is 0 Å². The number of carbonyl (C=O) groups is 3. The number of Topliss-reactive ketones (excluding diaryl/α,β-unsaturated/α-hetero) is 2. The summed E-state index contributed by atoms with van der Waals surface area (Å²) in [7, 11) is 0. The highest BCUT2D eigenvalue weighted by Gasteiger charge is 2.34. The second kappa shape index (κ2) is 8.21. The van der Waals surface area contributed by atoms with Gasteiger partial charge in [-0.2, -0.15) is 0 Å². The van der Waals surface area contributed by atoms with Gasteiger partial charge in [0.15, 0.2) is 0 Å². The predicted octanol–water partition coefficient (Wildman–Crippen LogP) is 4.06. The van der Waals surface area contributed by atoms with Crippen molar-refractivity contribution in [2.45, 2.75) is 38.8 Å². The minimum Gasteiger partial charge on any atom is -0.458 e. The van der Waals surface area contributed by atoms with Gasteiger partial charge < -0.3 is 10.1 Å². The molecule has 1 atom stereocenters. The highest BCUT2D eigenvalue weighted by Crippen LogP contribution is 2.28. The van der Waals surface area contributed by atoms with Crippen LogP contribution < -0.4 is 5.32 Å². The molecule has 0 amide bonds. The van der Waals surface area contributed by atoms with E-state index in [1.165, 1.54) is 0 Å². The van der Waals surface area contributed by atoms with Crippen molar-refractivity contribution in [2.24, 2.45) is 0 Å². The van der Waals surface area contributed by atoms with Crippen molar-refractivity contribution < 1.29 is 19.1 Å². The Hall–Kier alpha value is -2.92. The third-order valence-corrected chi connectivity index (χ3v) is 4.72. The first-order chi connectivity index (χ1) is 13.7. The van der Waals surface area contributed by atoms with Crippen LogP contribution in [0.4, 0.5) is 0 Å². The molecule has 29 heavy (non-hydrogen) atoms. The van der Waals surface area contributed by atoms with Crippen LogP contribution in [0.5, 0.6) is 0 Å². The van der Waals surface area contributed by atoms with Gasteiger partial charge in [-0.15, -0.1) is 0 Å². The zero-order chi connectivity index (χ0) is 21.2. The van der Waals surface area contributed by atoms with E-state index in [-0.39, 0.29) is 28.3 Å². The van der Waals surface area contributed by atoms with E-state index in [4.69, 9.17) is 16.3 Å². The van der Waals surface area contributed by atoms with Crippen molar-refractivity contribution in [1.82, 2.24) is 5.32 Å². The number of esters is 1. The van der Waals surface area contributed by atoms with E-state index in [2.05, 4.69) is 5.32 Å². The normalized spacial score (nSPS) is 15.0. The Labute approximate surface area is 174 Å². The molecule has 6 heteroatoms. The second-order valence-electron chi connectivity index (χ2n) is 7.81. The zero-order valence-corrected chi connectivity index (χ0v) is 17.2. The molecule has 1 aliphatic carbocycles. The fourth-order valence-electron chi connectivity index (χ4n) is 3.06. The molecule has 0 saturated heterocycles. The lowest BCUT2D eigenvalue weighted by molar-refractivity contribution is -0.157. The third kappa shape index (κ3) is 4.74. The maximum atomic E-state index is 13.0. The maximum Gasteiger partial charge on any atom is 0.329 e. The molecule has 1 N–H and O–H groups in total. The Bertz CT molecular complexity index is 989. The molecule has 0 aliphatic heterocycles. The molecule has 0 fully saturated rings. The van der Waals surface area contributed by atoms with E-state index in [9.17, 15) is 14.4 Å². The van der Waals surface area contributed by atoms with Crippen LogP contribution in [0.2, 0.25) is 0 Å². The average Bonchev–Trinajstić information content (AvgIpc) is 2.68. The Balaban J connectivity index is 1.94. The first-order valence-electron chi connectivity index (χ1n) is 9.29. The lowest BCUT2D eigenvalue weighted by atomic mass is 9.92. The standard InChI is InChI=1S/C23H22ClNO4/c1-23(2,3)29-22(28)17(13-14-9-5-4-6-10-14)25-19-18(24)20(26)15-11-7-8-12-16(15)21(19)27/h4-12,17,25H,13H2,1-3H3. The molecule has 1 aliphatic rings. The minimum absolute atomic E-state index is 0.0813. The van der Waals surface area contributed by atoms with Crippen LogP contribution in [0.1, 0.15) is 47.1 Å². The van der Waals surface area contributed by atoms with E-state index in [0.29, 0.717) is 0 Å². The SMILES string of the molecule is CC(C)(C)OC(=O)C(Cc1ccccc1)NC1=C(Cl)C(=O)c2ccccc2C1=O. The van der Waals surface area contributed by atoms with E-state index in [0.717, 1.165) is 5.56 Å². The molecular formula is C23H22ClNO4. The van der Waals surface area contributed by atoms with E-state index < -0.39 is 29.2 Å². The number of hydrogen-bond acceptors (Lipinski definition) is 5. The van der Waals surface area contributed by atoms with Gasteiger partial charge in [-0.05, 0) is 26.3 Å².